The van der Waals surface area contributed by atoms with Crippen LogP contribution in [0, 0.1) is 6.92 Å². The predicted molar refractivity (Wildman–Crippen MR) is 116 cm³/mol. The van der Waals surface area contributed by atoms with Crippen LogP contribution in [0.15, 0.2) is 62.6 Å². The third kappa shape index (κ3) is 6.43. The van der Waals surface area contributed by atoms with E-state index in [9.17, 15) is 4.79 Å². The SMILES string of the molecule is C/C(=N\NC(=O)CSc1nnc(SCc2ccc(C)cc2)s1)c1cccnc1. The van der Waals surface area contributed by atoms with Crippen LogP contribution >= 0.6 is 34.9 Å². The van der Waals surface area contributed by atoms with E-state index in [1.165, 1.54) is 34.2 Å². The summed E-state index contributed by atoms with van der Waals surface area (Å²) in [4.78, 5) is 16.0. The van der Waals surface area contributed by atoms with Crippen molar-refractivity contribution in [1.29, 1.82) is 0 Å². The second-order valence-electron chi connectivity index (χ2n) is 5.87. The van der Waals surface area contributed by atoms with E-state index in [2.05, 4.69) is 56.9 Å². The number of nitrogens with zero attached hydrogens (tertiary/aromatic N) is 4. The number of carbonyl (C=O) groups excluding carboxylic acids is 1. The zero-order valence-electron chi connectivity index (χ0n) is 15.5. The summed E-state index contributed by atoms with van der Waals surface area (Å²) < 4.78 is 1.67. The Morgan fingerprint density at radius 1 is 1.14 bits per heavy atom. The van der Waals surface area contributed by atoms with Crippen molar-refractivity contribution in [2.24, 2.45) is 5.10 Å². The number of pyridine rings is 1. The van der Waals surface area contributed by atoms with Crippen LogP contribution < -0.4 is 5.43 Å². The van der Waals surface area contributed by atoms with Crippen molar-refractivity contribution in [2.45, 2.75) is 28.3 Å². The lowest BCUT2D eigenvalue weighted by atomic mass is 10.2. The molecule has 2 aromatic heterocycles. The van der Waals surface area contributed by atoms with Gasteiger partial charge in [0, 0.05) is 23.7 Å². The summed E-state index contributed by atoms with van der Waals surface area (Å²) in [7, 11) is 0. The van der Waals surface area contributed by atoms with Crippen LogP contribution in [0.25, 0.3) is 0 Å². The molecule has 1 N–H and O–H groups in total. The van der Waals surface area contributed by atoms with Crippen LogP contribution in [0.4, 0.5) is 0 Å². The van der Waals surface area contributed by atoms with Crippen molar-refractivity contribution in [3.8, 4) is 0 Å². The number of hydrogen-bond donors (Lipinski definition) is 1. The molecule has 0 spiro atoms. The molecule has 0 fully saturated rings. The Balaban J connectivity index is 1.43. The van der Waals surface area contributed by atoms with Crippen molar-refractivity contribution in [3.63, 3.8) is 0 Å². The molecule has 9 heteroatoms. The Labute approximate surface area is 176 Å². The molecule has 0 radical (unpaired) electrons. The van der Waals surface area contributed by atoms with E-state index in [4.69, 9.17) is 0 Å². The molecule has 144 valence electrons. The molecular weight excluding hydrogens is 410 g/mol. The third-order valence-corrected chi connectivity index (χ3v) is 6.89. The fraction of sp³-hybridized carbons (Fsp3) is 0.211. The summed E-state index contributed by atoms with van der Waals surface area (Å²) >= 11 is 4.51. The van der Waals surface area contributed by atoms with Gasteiger partial charge in [-0.05, 0) is 25.5 Å². The van der Waals surface area contributed by atoms with Crippen LogP contribution in [-0.4, -0.2) is 32.6 Å². The molecular formula is C19H19N5OS3. The summed E-state index contributed by atoms with van der Waals surface area (Å²) in [5, 5.41) is 12.4. The zero-order chi connectivity index (χ0) is 19.8. The number of rotatable bonds is 8. The standard InChI is InChI=1S/C19H19N5OS3/c1-13-5-7-15(8-6-13)11-26-18-23-24-19(28-18)27-12-17(25)22-21-14(2)16-4-3-9-20-10-16/h3-10H,11-12H2,1-2H3,(H,22,25)/b21-14+. The van der Waals surface area contributed by atoms with Gasteiger partial charge in [0.15, 0.2) is 8.68 Å². The molecule has 3 aromatic rings. The number of benzene rings is 1. The van der Waals surface area contributed by atoms with E-state index in [-0.39, 0.29) is 11.7 Å². The summed E-state index contributed by atoms with van der Waals surface area (Å²) in [6, 6.07) is 12.2. The number of hydrogen-bond acceptors (Lipinski definition) is 8. The van der Waals surface area contributed by atoms with Crippen molar-refractivity contribution < 1.29 is 4.79 Å². The van der Waals surface area contributed by atoms with Crippen molar-refractivity contribution >= 4 is 46.5 Å². The Hall–Kier alpha value is -2.23. The van der Waals surface area contributed by atoms with E-state index >= 15 is 0 Å². The molecule has 3 rings (SSSR count). The maximum Gasteiger partial charge on any atom is 0.250 e. The molecule has 0 unspecified atom stereocenters. The van der Waals surface area contributed by atoms with Crippen LogP contribution in [0.1, 0.15) is 23.6 Å². The zero-order valence-corrected chi connectivity index (χ0v) is 17.9. The Kier molecular flexibility index (Phi) is 7.58. The van der Waals surface area contributed by atoms with Crippen LogP contribution in [0.5, 0.6) is 0 Å². The highest BCUT2D eigenvalue weighted by molar-refractivity contribution is 8.03. The normalized spacial score (nSPS) is 11.4. The Bertz CT molecular complexity index is 942. The molecule has 6 nitrogen and oxygen atoms in total. The summed E-state index contributed by atoms with van der Waals surface area (Å²) in [5.41, 5.74) is 6.64. The third-order valence-electron chi connectivity index (χ3n) is 3.63. The number of amides is 1. The smallest absolute Gasteiger partial charge is 0.250 e. The number of nitrogens with one attached hydrogen (secondary N) is 1. The molecule has 0 aliphatic rings. The monoisotopic (exact) mass is 429 g/mol. The van der Waals surface area contributed by atoms with Crippen molar-refractivity contribution in [3.05, 3.63) is 65.5 Å². The van der Waals surface area contributed by atoms with E-state index in [0.717, 1.165) is 20.0 Å². The van der Waals surface area contributed by atoms with Gasteiger partial charge in [-0.25, -0.2) is 5.43 Å². The van der Waals surface area contributed by atoms with Gasteiger partial charge in [0.05, 0.1) is 11.5 Å². The Morgan fingerprint density at radius 3 is 2.61 bits per heavy atom. The molecule has 1 aromatic carbocycles. The highest BCUT2D eigenvalue weighted by Gasteiger charge is 2.09. The lowest BCUT2D eigenvalue weighted by Crippen LogP contribution is -2.21. The maximum atomic E-state index is 12.0. The first kappa shape index (κ1) is 20.5. The highest BCUT2D eigenvalue weighted by Crippen LogP contribution is 2.30. The first-order valence-corrected chi connectivity index (χ1v) is 11.3. The lowest BCUT2D eigenvalue weighted by Gasteiger charge is -2.01. The lowest BCUT2D eigenvalue weighted by molar-refractivity contribution is -0.118. The summed E-state index contributed by atoms with van der Waals surface area (Å²) in [5.74, 6) is 0.904. The average Bonchev–Trinajstić information content (AvgIpc) is 3.18. The fourth-order valence-electron chi connectivity index (χ4n) is 2.09. The van der Waals surface area contributed by atoms with Crippen LogP contribution in [0.3, 0.4) is 0 Å². The molecule has 0 saturated carbocycles. The minimum Gasteiger partial charge on any atom is -0.272 e. The second-order valence-corrected chi connectivity index (χ2v) is 9.29. The van der Waals surface area contributed by atoms with Crippen molar-refractivity contribution in [1.82, 2.24) is 20.6 Å². The van der Waals surface area contributed by atoms with E-state index in [0.29, 0.717) is 5.71 Å². The molecule has 0 aliphatic heterocycles. The van der Waals surface area contributed by atoms with Crippen LogP contribution in [-0.2, 0) is 10.5 Å². The van der Waals surface area contributed by atoms with Gasteiger partial charge in [-0.3, -0.25) is 9.78 Å². The fourth-order valence-corrected chi connectivity index (χ4v) is 4.86. The van der Waals surface area contributed by atoms with Gasteiger partial charge in [-0.2, -0.15) is 5.10 Å². The first-order valence-electron chi connectivity index (χ1n) is 8.48. The predicted octanol–water partition coefficient (Wildman–Crippen LogP) is 4.17. The van der Waals surface area contributed by atoms with E-state index < -0.39 is 0 Å². The maximum absolute atomic E-state index is 12.0. The van der Waals surface area contributed by atoms with Gasteiger partial charge in [-0.1, -0.05) is 70.8 Å². The van der Waals surface area contributed by atoms with Gasteiger partial charge in [-0.15, -0.1) is 10.2 Å². The molecule has 2 heterocycles. The molecule has 0 atom stereocenters. The van der Waals surface area contributed by atoms with Crippen LogP contribution in [0.2, 0.25) is 0 Å². The minimum atomic E-state index is -0.183. The molecule has 1 amide bonds. The molecule has 0 saturated heterocycles. The average molecular weight is 430 g/mol. The van der Waals surface area contributed by atoms with Gasteiger partial charge >= 0.3 is 0 Å². The minimum absolute atomic E-state index is 0.183. The van der Waals surface area contributed by atoms with Crippen molar-refractivity contribution in [2.75, 3.05) is 5.75 Å². The largest absolute Gasteiger partial charge is 0.272 e. The number of hydrazone groups is 1. The van der Waals surface area contributed by atoms with Gasteiger partial charge in [0.1, 0.15) is 0 Å². The molecule has 0 bridgehead atoms. The van der Waals surface area contributed by atoms with E-state index in [1.54, 1.807) is 24.2 Å². The van der Waals surface area contributed by atoms with E-state index in [1.807, 2.05) is 19.1 Å². The van der Waals surface area contributed by atoms with Gasteiger partial charge in [0.25, 0.3) is 5.91 Å². The Morgan fingerprint density at radius 2 is 1.89 bits per heavy atom. The molecule has 28 heavy (non-hydrogen) atoms. The highest BCUT2D eigenvalue weighted by atomic mass is 32.2. The number of aromatic nitrogens is 3. The van der Waals surface area contributed by atoms with Gasteiger partial charge in [0.2, 0.25) is 0 Å². The topological polar surface area (TPSA) is 80.1 Å². The van der Waals surface area contributed by atoms with Gasteiger partial charge < -0.3 is 0 Å². The second kappa shape index (κ2) is 10.4. The number of aryl methyl sites for hydroxylation is 1. The number of thioether (sulfide) groups is 2. The molecule has 0 aliphatic carbocycles. The first-order chi connectivity index (χ1) is 13.6. The quantitative estimate of drug-likeness (QED) is 0.329. The summed E-state index contributed by atoms with van der Waals surface area (Å²) in [6.45, 7) is 3.90. The summed E-state index contributed by atoms with van der Waals surface area (Å²) in [6.07, 6.45) is 3.40. The number of carbonyl (C=O) groups is 1.